The summed E-state index contributed by atoms with van der Waals surface area (Å²) in [6.45, 7) is 8.15. The number of amides is 1. The van der Waals surface area contributed by atoms with Crippen LogP contribution in [0.15, 0.2) is 28.7 Å². The molecular formula is C20H23ClN4O2. The average molecular weight is 387 g/mol. The Morgan fingerprint density at radius 1 is 1.26 bits per heavy atom. The van der Waals surface area contributed by atoms with Gasteiger partial charge in [-0.15, -0.1) is 0 Å². The summed E-state index contributed by atoms with van der Waals surface area (Å²) in [6, 6.07) is 9.99. The van der Waals surface area contributed by atoms with Crippen molar-refractivity contribution in [3.05, 3.63) is 51.7 Å². The van der Waals surface area contributed by atoms with Gasteiger partial charge in [-0.3, -0.25) is 19.9 Å². The SMILES string of the molecule is Cc1oc(NC(=O)CN2CCN(Cc3cccc(Cl)c3)CC2)c(C#N)c1C. The van der Waals surface area contributed by atoms with Gasteiger partial charge in [0.2, 0.25) is 11.8 Å². The molecule has 1 N–H and O–H groups in total. The Balaban J connectivity index is 1.48. The quantitative estimate of drug-likeness (QED) is 0.854. The summed E-state index contributed by atoms with van der Waals surface area (Å²) in [4.78, 5) is 16.8. The van der Waals surface area contributed by atoms with Crippen LogP contribution in [0.3, 0.4) is 0 Å². The van der Waals surface area contributed by atoms with Gasteiger partial charge in [0.1, 0.15) is 17.4 Å². The molecule has 1 aliphatic rings. The van der Waals surface area contributed by atoms with Crippen LogP contribution in [0, 0.1) is 25.2 Å². The fraction of sp³-hybridized carbons (Fsp3) is 0.400. The lowest BCUT2D eigenvalue weighted by Crippen LogP contribution is -2.48. The van der Waals surface area contributed by atoms with Crippen LogP contribution in [0.25, 0.3) is 0 Å². The van der Waals surface area contributed by atoms with Crippen LogP contribution >= 0.6 is 11.6 Å². The maximum absolute atomic E-state index is 12.3. The van der Waals surface area contributed by atoms with Crippen molar-refractivity contribution in [3.63, 3.8) is 0 Å². The van der Waals surface area contributed by atoms with Crippen molar-refractivity contribution in [1.29, 1.82) is 5.26 Å². The Morgan fingerprint density at radius 3 is 2.63 bits per heavy atom. The molecule has 2 heterocycles. The number of piperazine rings is 1. The smallest absolute Gasteiger partial charge is 0.240 e. The summed E-state index contributed by atoms with van der Waals surface area (Å²) in [5.41, 5.74) is 2.36. The zero-order valence-electron chi connectivity index (χ0n) is 15.6. The van der Waals surface area contributed by atoms with Gasteiger partial charge in [0.05, 0.1) is 6.54 Å². The number of benzene rings is 1. The molecular weight excluding hydrogens is 364 g/mol. The lowest BCUT2D eigenvalue weighted by molar-refractivity contribution is -0.117. The second-order valence-electron chi connectivity index (χ2n) is 6.83. The van der Waals surface area contributed by atoms with E-state index in [0.717, 1.165) is 43.3 Å². The molecule has 0 radical (unpaired) electrons. The Labute approximate surface area is 164 Å². The highest BCUT2D eigenvalue weighted by Gasteiger charge is 2.21. The fourth-order valence-corrected chi connectivity index (χ4v) is 3.43. The van der Waals surface area contributed by atoms with Gasteiger partial charge in [-0.1, -0.05) is 23.7 Å². The van der Waals surface area contributed by atoms with E-state index in [2.05, 4.69) is 27.3 Å². The van der Waals surface area contributed by atoms with Crippen molar-refractivity contribution in [2.24, 2.45) is 0 Å². The molecule has 0 atom stereocenters. The number of hydrogen-bond acceptors (Lipinski definition) is 5. The minimum absolute atomic E-state index is 0.163. The summed E-state index contributed by atoms with van der Waals surface area (Å²) < 4.78 is 5.50. The highest BCUT2D eigenvalue weighted by molar-refractivity contribution is 6.30. The molecule has 0 spiro atoms. The molecule has 7 heteroatoms. The summed E-state index contributed by atoms with van der Waals surface area (Å²) in [5, 5.41) is 12.7. The van der Waals surface area contributed by atoms with Crippen molar-refractivity contribution < 1.29 is 9.21 Å². The molecule has 27 heavy (non-hydrogen) atoms. The molecule has 1 saturated heterocycles. The maximum Gasteiger partial charge on any atom is 0.240 e. The molecule has 1 amide bonds. The first-order chi connectivity index (χ1) is 13.0. The number of nitriles is 1. The number of carbonyl (C=O) groups excluding carboxylic acids is 1. The molecule has 6 nitrogen and oxygen atoms in total. The molecule has 0 bridgehead atoms. The van der Waals surface area contributed by atoms with E-state index in [9.17, 15) is 10.1 Å². The van der Waals surface area contributed by atoms with Gasteiger partial charge in [0.25, 0.3) is 0 Å². The summed E-state index contributed by atoms with van der Waals surface area (Å²) >= 11 is 6.04. The van der Waals surface area contributed by atoms with E-state index in [1.54, 1.807) is 6.92 Å². The van der Waals surface area contributed by atoms with E-state index in [4.69, 9.17) is 16.0 Å². The van der Waals surface area contributed by atoms with Gasteiger partial charge in [-0.25, -0.2) is 0 Å². The number of rotatable bonds is 5. The molecule has 1 aliphatic heterocycles. The number of nitrogens with one attached hydrogen (secondary N) is 1. The van der Waals surface area contributed by atoms with Crippen LogP contribution in [0.5, 0.6) is 0 Å². The lowest BCUT2D eigenvalue weighted by Gasteiger charge is -2.34. The van der Waals surface area contributed by atoms with Gasteiger partial charge in [0, 0.05) is 43.3 Å². The highest BCUT2D eigenvalue weighted by atomic mass is 35.5. The maximum atomic E-state index is 12.3. The summed E-state index contributed by atoms with van der Waals surface area (Å²) in [5.74, 6) is 0.733. The van der Waals surface area contributed by atoms with Crippen molar-refractivity contribution >= 4 is 23.4 Å². The Morgan fingerprint density at radius 2 is 1.96 bits per heavy atom. The Kier molecular flexibility index (Phi) is 6.17. The monoisotopic (exact) mass is 386 g/mol. The number of hydrogen-bond donors (Lipinski definition) is 1. The van der Waals surface area contributed by atoms with Gasteiger partial charge < -0.3 is 4.42 Å². The van der Waals surface area contributed by atoms with E-state index < -0.39 is 0 Å². The topological polar surface area (TPSA) is 72.5 Å². The first-order valence-electron chi connectivity index (χ1n) is 8.95. The van der Waals surface area contributed by atoms with Crippen molar-refractivity contribution in [3.8, 4) is 6.07 Å². The van der Waals surface area contributed by atoms with Gasteiger partial charge in [0.15, 0.2) is 0 Å². The summed E-state index contributed by atoms with van der Waals surface area (Å²) in [6.07, 6.45) is 0. The van der Waals surface area contributed by atoms with Crippen LogP contribution in [0.2, 0.25) is 5.02 Å². The van der Waals surface area contributed by atoms with E-state index in [0.29, 0.717) is 11.3 Å². The molecule has 1 aromatic heterocycles. The van der Waals surface area contributed by atoms with Gasteiger partial charge in [-0.05, 0) is 31.5 Å². The van der Waals surface area contributed by atoms with E-state index >= 15 is 0 Å². The third kappa shape index (κ3) is 4.89. The highest BCUT2D eigenvalue weighted by Crippen LogP contribution is 2.25. The molecule has 3 rings (SSSR count). The first kappa shape index (κ1) is 19.4. The first-order valence-corrected chi connectivity index (χ1v) is 9.33. The number of nitrogens with zero attached hydrogens (tertiary/aromatic N) is 3. The summed E-state index contributed by atoms with van der Waals surface area (Å²) in [7, 11) is 0. The van der Waals surface area contributed by atoms with Crippen LogP contribution in [0.4, 0.5) is 5.88 Å². The van der Waals surface area contributed by atoms with Gasteiger partial charge in [-0.2, -0.15) is 5.26 Å². The molecule has 1 fully saturated rings. The van der Waals surface area contributed by atoms with E-state index in [1.165, 1.54) is 5.56 Å². The molecule has 142 valence electrons. The number of aryl methyl sites for hydroxylation is 1. The van der Waals surface area contributed by atoms with E-state index in [1.807, 2.05) is 25.1 Å². The zero-order chi connectivity index (χ0) is 19.4. The van der Waals surface area contributed by atoms with Crippen LogP contribution in [0.1, 0.15) is 22.5 Å². The predicted molar refractivity (Wildman–Crippen MR) is 105 cm³/mol. The van der Waals surface area contributed by atoms with Crippen molar-refractivity contribution in [2.75, 3.05) is 38.0 Å². The molecule has 1 aromatic carbocycles. The number of carbonyl (C=O) groups is 1. The minimum atomic E-state index is -0.163. The van der Waals surface area contributed by atoms with Crippen LogP contribution in [-0.4, -0.2) is 48.4 Å². The normalized spacial score (nSPS) is 15.5. The van der Waals surface area contributed by atoms with Crippen LogP contribution in [-0.2, 0) is 11.3 Å². The number of furan rings is 1. The second-order valence-corrected chi connectivity index (χ2v) is 7.27. The molecule has 0 unspecified atom stereocenters. The fourth-order valence-electron chi connectivity index (χ4n) is 3.22. The van der Waals surface area contributed by atoms with E-state index in [-0.39, 0.29) is 18.3 Å². The molecule has 2 aromatic rings. The number of halogens is 1. The zero-order valence-corrected chi connectivity index (χ0v) is 16.3. The second kappa shape index (κ2) is 8.57. The third-order valence-corrected chi connectivity index (χ3v) is 5.11. The third-order valence-electron chi connectivity index (χ3n) is 4.88. The number of anilines is 1. The predicted octanol–water partition coefficient (Wildman–Crippen LogP) is 3.18. The lowest BCUT2D eigenvalue weighted by atomic mass is 10.2. The largest absolute Gasteiger partial charge is 0.444 e. The standard InChI is InChI=1S/C20H23ClN4O2/c1-14-15(2)27-20(18(14)11-22)23-19(26)13-25-8-6-24(7-9-25)12-16-4-3-5-17(21)10-16/h3-5,10H,6-9,12-13H2,1-2H3,(H,23,26). The van der Waals surface area contributed by atoms with Crippen LogP contribution < -0.4 is 5.32 Å². The average Bonchev–Trinajstić information content (AvgIpc) is 2.89. The Hall–Kier alpha value is -2.33. The van der Waals surface area contributed by atoms with Crippen molar-refractivity contribution in [1.82, 2.24) is 9.80 Å². The van der Waals surface area contributed by atoms with Gasteiger partial charge >= 0.3 is 0 Å². The van der Waals surface area contributed by atoms with Crippen molar-refractivity contribution in [2.45, 2.75) is 20.4 Å². The molecule has 0 aliphatic carbocycles. The minimum Gasteiger partial charge on any atom is -0.444 e. The Bertz CT molecular complexity index is 863. The molecule has 0 saturated carbocycles.